The second kappa shape index (κ2) is 7.71. The fourth-order valence-corrected chi connectivity index (χ4v) is 4.30. The monoisotopic (exact) mass is 440 g/mol. The molecule has 11 heteroatoms. The van der Waals surface area contributed by atoms with Crippen LogP contribution in [0.15, 0.2) is 47.4 Å². The molecule has 1 N–H and O–H groups in total. The van der Waals surface area contributed by atoms with Crippen molar-refractivity contribution in [2.45, 2.75) is 23.5 Å². The Morgan fingerprint density at radius 3 is 2.50 bits per heavy atom. The number of hydrogen-bond acceptors (Lipinski definition) is 4. The van der Waals surface area contributed by atoms with Gasteiger partial charge in [-0.25, -0.2) is 13.5 Å². The van der Waals surface area contributed by atoms with Gasteiger partial charge in [0.05, 0.1) is 11.7 Å². The third-order valence-corrected chi connectivity index (χ3v) is 5.66. The van der Waals surface area contributed by atoms with Gasteiger partial charge in [-0.3, -0.25) is 4.79 Å². The molecule has 4 rings (SSSR count). The van der Waals surface area contributed by atoms with E-state index >= 15 is 0 Å². The van der Waals surface area contributed by atoms with Crippen LogP contribution in [-0.2, 0) is 6.18 Å². The van der Waals surface area contributed by atoms with Gasteiger partial charge in [0.15, 0.2) is 11.4 Å². The molecule has 1 atom stereocenters. The number of aromatic nitrogens is 3. The number of amides is 1. The molecule has 0 saturated heterocycles. The van der Waals surface area contributed by atoms with Crippen molar-refractivity contribution in [3.8, 4) is 5.69 Å². The largest absolute Gasteiger partial charge is 0.435 e. The first-order valence-corrected chi connectivity index (χ1v) is 9.74. The smallest absolute Gasteiger partial charge is 0.344 e. The molecule has 1 aromatic heterocycles. The average molecular weight is 440 g/mol. The standard InChI is InChI=1S/C19H13F5N4OS/c20-10-1-4-12(5-2-10)28-17(19(22,23)24)16(26-27-28)18(29)25-14-7-8-30-15-6-3-11(21)9-13(14)15/h1-6,9,14H,7-8H2,(H,25,29). The fourth-order valence-electron chi connectivity index (χ4n) is 3.19. The number of nitrogens with one attached hydrogen (secondary N) is 1. The lowest BCUT2D eigenvalue weighted by Crippen LogP contribution is -2.32. The van der Waals surface area contributed by atoms with E-state index in [4.69, 9.17) is 0 Å². The summed E-state index contributed by atoms with van der Waals surface area (Å²) in [6.07, 6.45) is -4.53. The van der Waals surface area contributed by atoms with E-state index in [9.17, 15) is 26.7 Å². The molecule has 2 heterocycles. The minimum atomic E-state index is -4.95. The number of rotatable bonds is 3. The second-order valence-electron chi connectivity index (χ2n) is 6.52. The van der Waals surface area contributed by atoms with Gasteiger partial charge in [0.25, 0.3) is 5.91 Å². The van der Waals surface area contributed by atoms with Gasteiger partial charge < -0.3 is 5.32 Å². The van der Waals surface area contributed by atoms with Gasteiger partial charge in [0, 0.05) is 10.6 Å². The third-order valence-electron chi connectivity index (χ3n) is 4.54. The highest BCUT2D eigenvalue weighted by Crippen LogP contribution is 2.37. The van der Waals surface area contributed by atoms with Crippen LogP contribution in [0.2, 0.25) is 0 Å². The number of benzene rings is 2. The van der Waals surface area contributed by atoms with Crippen LogP contribution in [0.3, 0.4) is 0 Å². The molecule has 156 valence electrons. The van der Waals surface area contributed by atoms with E-state index in [-0.39, 0.29) is 5.69 Å². The molecule has 0 radical (unpaired) electrons. The van der Waals surface area contributed by atoms with Gasteiger partial charge in [0.1, 0.15) is 11.6 Å². The summed E-state index contributed by atoms with van der Waals surface area (Å²) in [5.74, 6) is -1.61. The molecule has 0 bridgehead atoms. The number of hydrogen-bond donors (Lipinski definition) is 1. The van der Waals surface area contributed by atoms with Crippen molar-refractivity contribution < 1.29 is 26.7 Å². The van der Waals surface area contributed by atoms with Gasteiger partial charge in [-0.1, -0.05) is 5.21 Å². The van der Waals surface area contributed by atoms with Crippen molar-refractivity contribution in [3.05, 3.63) is 71.1 Å². The maximum Gasteiger partial charge on any atom is 0.435 e. The van der Waals surface area contributed by atoms with E-state index in [1.807, 2.05) is 0 Å². The summed E-state index contributed by atoms with van der Waals surface area (Å²) >= 11 is 1.47. The molecule has 1 amide bonds. The van der Waals surface area contributed by atoms with Crippen LogP contribution in [0.4, 0.5) is 22.0 Å². The Morgan fingerprint density at radius 2 is 1.80 bits per heavy atom. The SMILES string of the molecule is O=C(NC1CCSc2ccc(F)cc21)c1nnn(-c2ccc(F)cc2)c1C(F)(F)F. The predicted octanol–water partition coefficient (Wildman–Crippen LogP) is 4.53. The lowest BCUT2D eigenvalue weighted by atomic mass is 10.0. The van der Waals surface area contributed by atoms with Crippen LogP contribution in [0.5, 0.6) is 0 Å². The van der Waals surface area contributed by atoms with Crippen molar-refractivity contribution >= 4 is 17.7 Å². The second-order valence-corrected chi connectivity index (χ2v) is 7.65. The average Bonchev–Trinajstić information content (AvgIpc) is 3.15. The fraction of sp³-hybridized carbons (Fsp3) is 0.211. The molecule has 2 aromatic carbocycles. The van der Waals surface area contributed by atoms with Crippen LogP contribution in [-0.4, -0.2) is 26.7 Å². The Morgan fingerprint density at radius 1 is 1.10 bits per heavy atom. The van der Waals surface area contributed by atoms with Crippen LogP contribution in [0, 0.1) is 11.6 Å². The molecule has 1 aliphatic rings. The predicted molar refractivity (Wildman–Crippen MR) is 98.3 cm³/mol. The Labute approximate surface area is 171 Å². The van der Waals surface area contributed by atoms with E-state index in [1.54, 1.807) is 6.07 Å². The highest BCUT2D eigenvalue weighted by Gasteiger charge is 2.42. The first-order valence-electron chi connectivity index (χ1n) is 8.76. The zero-order valence-corrected chi connectivity index (χ0v) is 15.9. The van der Waals surface area contributed by atoms with Gasteiger partial charge in [-0.15, -0.1) is 16.9 Å². The van der Waals surface area contributed by atoms with E-state index in [0.29, 0.717) is 22.4 Å². The lowest BCUT2D eigenvalue weighted by Gasteiger charge is -2.25. The molecule has 0 spiro atoms. The number of thioether (sulfide) groups is 1. The summed E-state index contributed by atoms with van der Waals surface area (Å²) in [5.41, 5.74) is -1.89. The van der Waals surface area contributed by atoms with Crippen molar-refractivity contribution in [1.82, 2.24) is 20.3 Å². The minimum absolute atomic E-state index is 0.100. The summed E-state index contributed by atoms with van der Waals surface area (Å²) in [6, 6.07) is 7.58. The van der Waals surface area contributed by atoms with Gasteiger partial charge in [-0.2, -0.15) is 13.2 Å². The van der Waals surface area contributed by atoms with Crippen LogP contribution >= 0.6 is 11.8 Å². The van der Waals surface area contributed by atoms with Crippen molar-refractivity contribution in [2.24, 2.45) is 0 Å². The van der Waals surface area contributed by atoms with E-state index in [2.05, 4.69) is 15.6 Å². The molecule has 0 saturated carbocycles. The normalized spacial score (nSPS) is 16.2. The van der Waals surface area contributed by atoms with Crippen molar-refractivity contribution in [1.29, 1.82) is 0 Å². The first-order chi connectivity index (χ1) is 14.2. The lowest BCUT2D eigenvalue weighted by molar-refractivity contribution is -0.143. The van der Waals surface area contributed by atoms with E-state index in [1.165, 1.54) is 23.9 Å². The molecule has 1 aliphatic heterocycles. The number of nitrogens with zero attached hydrogens (tertiary/aromatic N) is 3. The zero-order chi connectivity index (χ0) is 21.5. The quantitative estimate of drug-likeness (QED) is 0.608. The Bertz CT molecular complexity index is 1100. The Hall–Kier alpha value is -2.95. The molecule has 0 aliphatic carbocycles. The molecular weight excluding hydrogens is 427 g/mol. The summed E-state index contributed by atoms with van der Waals surface area (Å²) in [6.45, 7) is 0. The van der Waals surface area contributed by atoms with Gasteiger partial charge in [0.2, 0.25) is 0 Å². The summed E-state index contributed by atoms with van der Waals surface area (Å²) < 4.78 is 68.4. The number of halogens is 5. The molecule has 30 heavy (non-hydrogen) atoms. The Kier molecular flexibility index (Phi) is 5.22. The van der Waals surface area contributed by atoms with Crippen molar-refractivity contribution in [2.75, 3.05) is 5.75 Å². The third kappa shape index (κ3) is 3.89. The summed E-state index contributed by atoms with van der Waals surface area (Å²) in [4.78, 5) is 13.4. The maximum absolute atomic E-state index is 13.7. The summed E-state index contributed by atoms with van der Waals surface area (Å²) in [5, 5.41) is 9.39. The maximum atomic E-state index is 13.7. The zero-order valence-electron chi connectivity index (χ0n) is 15.1. The van der Waals surface area contributed by atoms with Crippen molar-refractivity contribution in [3.63, 3.8) is 0 Å². The Balaban J connectivity index is 1.69. The number of carbonyl (C=O) groups excluding carboxylic acids is 1. The van der Waals surface area contributed by atoms with E-state index < -0.39 is 41.1 Å². The minimum Gasteiger partial charge on any atom is -0.344 e. The molecule has 5 nitrogen and oxygen atoms in total. The van der Waals surface area contributed by atoms with Crippen LogP contribution in [0.25, 0.3) is 5.69 Å². The molecule has 0 fully saturated rings. The summed E-state index contributed by atoms with van der Waals surface area (Å²) in [7, 11) is 0. The van der Waals surface area contributed by atoms with Gasteiger partial charge >= 0.3 is 6.18 Å². The molecular formula is C19H13F5N4OS. The molecule has 1 unspecified atom stereocenters. The van der Waals surface area contributed by atoms with Gasteiger partial charge in [-0.05, 0) is 54.4 Å². The number of carbonyl (C=O) groups is 1. The van der Waals surface area contributed by atoms with Crippen LogP contribution < -0.4 is 5.32 Å². The van der Waals surface area contributed by atoms with E-state index in [0.717, 1.165) is 29.2 Å². The van der Waals surface area contributed by atoms with Crippen LogP contribution in [0.1, 0.15) is 34.2 Å². The number of alkyl halides is 3. The first kappa shape index (κ1) is 20.3. The highest BCUT2D eigenvalue weighted by atomic mass is 32.2. The topological polar surface area (TPSA) is 59.8 Å². The highest BCUT2D eigenvalue weighted by molar-refractivity contribution is 7.99. The number of fused-ring (bicyclic) bond motifs is 1. The molecule has 3 aromatic rings.